The molecule has 1 aliphatic rings. The van der Waals surface area contributed by atoms with Gasteiger partial charge in [-0.1, -0.05) is 18.9 Å². The smallest absolute Gasteiger partial charge is 0.387 e. The zero-order valence-electron chi connectivity index (χ0n) is 11.7. The highest BCUT2D eigenvalue weighted by atomic mass is 19.3. The summed E-state index contributed by atoms with van der Waals surface area (Å²) in [4.78, 5) is 14.2. The van der Waals surface area contributed by atoms with Crippen LogP contribution in [0.4, 0.5) is 8.78 Å². The van der Waals surface area contributed by atoms with Gasteiger partial charge in [0.1, 0.15) is 5.75 Å². The number of amides is 1. The Labute approximate surface area is 122 Å². The van der Waals surface area contributed by atoms with Gasteiger partial charge in [-0.25, -0.2) is 0 Å². The van der Waals surface area contributed by atoms with E-state index in [0.717, 1.165) is 25.7 Å². The number of carbonyl (C=O) groups is 1. The number of aliphatic hydroxyl groups excluding tert-OH is 1. The lowest BCUT2D eigenvalue weighted by Crippen LogP contribution is -2.40. The first kappa shape index (κ1) is 15.7. The molecular formula is C15H19F2NO3. The minimum Gasteiger partial charge on any atom is -0.435 e. The van der Waals surface area contributed by atoms with Crippen LogP contribution < -0.4 is 4.74 Å². The summed E-state index contributed by atoms with van der Waals surface area (Å²) in [5.74, 6) is -0.290. The summed E-state index contributed by atoms with van der Waals surface area (Å²) in [6.07, 6.45) is 3.96. The molecule has 4 nitrogen and oxygen atoms in total. The number of alkyl halides is 2. The molecule has 0 aliphatic heterocycles. The predicted molar refractivity (Wildman–Crippen MR) is 73.5 cm³/mol. The Bertz CT molecular complexity index is 476. The van der Waals surface area contributed by atoms with Crippen molar-refractivity contribution in [3.63, 3.8) is 0 Å². The minimum atomic E-state index is -2.92. The zero-order chi connectivity index (χ0) is 15.2. The Hall–Kier alpha value is -1.69. The lowest BCUT2D eigenvalue weighted by Gasteiger charge is -2.28. The van der Waals surface area contributed by atoms with Crippen molar-refractivity contribution in [2.45, 2.75) is 38.3 Å². The number of halogens is 2. The maximum atomic E-state index is 12.5. The van der Waals surface area contributed by atoms with Crippen LogP contribution in [0.15, 0.2) is 24.3 Å². The molecule has 0 radical (unpaired) electrons. The van der Waals surface area contributed by atoms with Crippen LogP contribution >= 0.6 is 0 Å². The quantitative estimate of drug-likeness (QED) is 0.878. The van der Waals surface area contributed by atoms with E-state index in [2.05, 4.69) is 4.74 Å². The summed E-state index contributed by atoms with van der Waals surface area (Å²) in [6.45, 7) is -2.78. The lowest BCUT2D eigenvalue weighted by molar-refractivity contribution is -0.0499. The molecule has 0 bridgehead atoms. The molecule has 1 amide bonds. The third kappa shape index (κ3) is 4.14. The van der Waals surface area contributed by atoms with Crippen LogP contribution in [0.3, 0.4) is 0 Å². The van der Waals surface area contributed by atoms with Crippen molar-refractivity contribution >= 4 is 5.91 Å². The molecule has 116 valence electrons. The molecule has 0 saturated heterocycles. The molecule has 21 heavy (non-hydrogen) atoms. The average Bonchev–Trinajstić information content (AvgIpc) is 2.97. The largest absolute Gasteiger partial charge is 0.435 e. The molecule has 0 heterocycles. The highest BCUT2D eigenvalue weighted by Crippen LogP contribution is 2.25. The second-order valence-corrected chi connectivity index (χ2v) is 5.07. The number of hydrogen-bond donors (Lipinski definition) is 1. The first-order valence-corrected chi connectivity index (χ1v) is 7.08. The number of rotatable bonds is 6. The predicted octanol–water partition coefficient (Wildman–Crippen LogP) is 2.67. The Morgan fingerprint density at radius 2 is 2.10 bits per heavy atom. The molecule has 6 heteroatoms. The van der Waals surface area contributed by atoms with Gasteiger partial charge < -0.3 is 14.7 Å². The van der Waals surface area contributed by atoms with Crippen molar-refractivity contribution in [2.24, 2.45) is 0 Å². The maximum Gasteiger partial charge on any atom is 0.387 e. The SMILES string of the molecule is O=C(c1cccc(OC(F)F)c1)N(CCO)C1CCCC1. The molecule has 0 atom stereocenters. The van der Waals surface area contributed by atoms with Gasteiger partial charge >= 0.3 is 6.61 Å². The molecule has 0 unspecified atom stereocenters. The summed E-state index contributed by atoms with van der Waals surface area (Å²) in [5, 5.41) is 9.15. The average molecular weight is 299 g/mol. The van der Waals surface area contributed by atoms with Crippen molar-refractivity contribution in [3.05, 3.63) is 29.8 Å². The van der Waals surface area contributed by atoms with Gasteiger partial charge in [-0.2, -0.15) is 8.78 Å². The Morgan fingerprint density at radius 3 is 2.71 bits per heavy atom. The molecular weight excluding hydrogens is 280 g/mol. The van der Waals surface area contributed by atoms with Gasteiger partial charge in [0.05, 0.1) is 6.61 Å². The highest BCUT2D eigenvalue weighted by molar-refractivity contribution is 5.94. The molecule has 2 rings (SSSR count). The fraction of sp³-hybridized carbons (Fsp3) is 0.533. The van der Waals surface area contributed by atoms with E-state index in [1.165, 1.54) is 18.2 Å². The number of nitrogens with zero attached hydrogens (tertiary/aromatic N) is 1. The summed E-state index contributed by atoms with van der Waals surface area (Å²) in [5.41, 5.74) is 0.300. The number of carbonyl (C=O) groups excluding carboxylic acids is 1. The van der Waals surface area contributed by atoms with Gasteiger partial charge in [0.2, 0.25) is 0 Å². The third-order valence-electron chi connectivity index (χ3n) is 3.67. The van der Waals surface area contributed by atoms with E-state index in [0.29, 0.717) is 5.56 Å². The molecule has 1 fully saturated rings. The second-order valence-electron chi connectivity index (χ2n) is 5.07. The van der Waals surface area contributed by atoms with Gasteiger partial charge in [0, 0.05) is 18.2 Å². The van der Waals surface area contributed by atoms with Crippen molar-refractivity contribution in [3.8, 4) is 5.75 Å². The standard InChI is InChI=1S/C15H19F2NO3/c16-15(17)21-13-7-3-4-11(10-13)14(20)18(8-9-19)12-5-1-2-6-12/h3-4,7,10,12,15,19H,1-2,5-6,8-9H2. The Morgan fingerprint density at radius 1 is 1.38 bits per heavy atom. The van der Waals surface area contributed by atoms with E-state index in [1.54, 1.807) is 11.0 Å². The van der Waals surface area contributed by atoms with Crippen LogP contribution in [-0.2, 0) is 0 Å². The Kier molecular flexibility index (Phi) is 5.50. The van der Waals surface area contributed by atoms with Crippen molar-refractivity contribution in [1.29, 1.82) is 0 Å². The van der Waals surface area contributed by atoms with Gasteiger partial charge in [0.15, 0.2) is 0 Å². The first-order valence-electron chi connectivity index (χ1n) is 7.08. The maximum absolute atomic E-state index is 12.5. The van der Waals surface area contributed by atoms with Gasteiger partial charge in [-0.15, -0.1) is 0 Å². The normalized spacial score (nSPS) is 15.4. The van der Waals surface area contributed by atoms with Gasteiger partial charge in [-0.3, -0.25) is 4.79 Å². The van der Waals surface area contributed by atoms with Crippen molar-refractivity contribution in [2.75, 3.05) is 13.2 Å². The van der Waals surface area contributed by atoms with E-state index in [9.17, 15) is 13.6 Å². The lowest BCUT2D eigenvalue weighted by atomic mass is 10.1. The summed E-state index contributed by atoms with van der Waals surface area (Å²) < 4.78 is 28.8. The van der Waals surface area contributed by atoms with E-state index in [-0.39, 0.29) is 30.9 Å². The van der Waals surface area contributed by atoms with Crippen LogP contribution in [-0.4, -0.2) is 41.7 Å². The van der Waals surface area contributed by atoms with E-state index in [1.807, 2.05) is 0 Å². The van der Waals surface area contributed by atoms with E-state index < -0.39 is 6.61 Å². The summed E-state index contributed by atoms with van der Waals surface area (Å²) in [6, 6.07) is 5.89. The number of hydrogen-bond acceptors (Lipinski definition) is 3. The molecule has 1 aromatic rings. The first-order chi connectivity index (χ1) is 10.1. The molecule has 0 aromatic heterocycles. The minimum absolute atomic E-state index is 0.0359. The molecule has 0 spiro atoms. The van der Waals surface area contributed by atoms with Crippen LogP contribution in [0.1, 0.15) is 36.0 Å². The van der Waals surface area contributed by atoms with Crippen LogP contribution in [0, 0.1) is 0 Å². The fourth-order valence-corrected chi connectivity index (χ4v) is 2.74. The molecule has 1 aromatic carbocycles. The molecule has 1 saturated carbocycles. The third-order valence-corrected chi connectivity index (χ3v) is 3.67. The van der Waals surface area contributed by atoms with E-state index >= 15 is 0 Å². The van der Waals surface area contributed by atoms with E-state index in [4.69, 9.17) is 5.11 Å². The number of benzene rings is 1. The van der Waals surface area contributed by atoms with Crippen LogP contribution in [0.5, 0.6) is 5.75 Å². The van der Waals surface area contributed by atoms with Crippen LogP contribution in [0.2, 0.25) is 0 Å². The summed E-state index contributed by atoms with van der Waals surface area (Å²) in [7, 11) is 0. The highest BCUT2D eigenvalue weighted by Gasteiger charge is 2.27. The van der Waals surface area contributed by atoms with Crippen LogP contribution in [0.25, 0.3) is 0 Å². The van der Waals surface area contributed by atoms with Gasteiger partial charge in [-0.05, 0) is 31.0 Å². The monoisotopic (exact) mass is 299 g/mol. The fourth-order valence-electron chi connectivity index (χ4n) is 2.74. The topological polar surface area (TPSA) is 49.8 Å². The number of aliphatic hydroxyl groups is 1. The van der Waals surface area contributed by atoms with Gasteiger partial charge in [0.25, 0.3) is 5.91 Å². The van der Waals surface area contributed by atoms with Crippen molar-refractivity contribution < 1.29 is 23.4 Å². The Balaban J connectivity index is 2.15. The summed E-state index contributed by atoms with van der Waals surface area (Å²) >= 11 is 0. The number of ether oxygens (including phenoxy) is 1. The molecule has 1 aliphatic carbocycles. The van der Waals surface area contributed by atoms with Crippen molar-refractivity contribution in [1.82, 2.24) is 4.90 Å². The second kappa shape index (κ2) is 7.36. The zero-order valence-corrected chi connectivity index (χ0v) is 11.7. The molecule has 1 N–H and O–H groups in total.